The molecule has 4 aromatic rings. The lowest BCUT2D eigenvalue weighted by Gasteiger charge is -2.48. The van der Waals surface area contributed by atoms with E-state index in [4.69, 9.17) is 19.7 Å². The zero-order valence-electron chi connectivity index (χ0n) is 34.9. The summed E-state index contributed by atoms with van der Waals surface area (Å²) in [7, 11) is -2.22. The van der Waals surface area contributed by atoms with Crippen LogP contribution in [0.1, 0.15) is 119 Å². The van der Waals surface area contributed by atoms with Gasteiger partial charge >= 0.3 is 6.09 Å². The van der Waals surface area contributed by atoms with Crippen molar-refractivity contribution < 1.29 is 18.3 Å². The lowest BCUT2D eigenvalue weighted by molar-refractivity contribution is 0.00694. The average Bonchev–Trinajstić information content (AvgIpc) is 3.45. The predicted molar refractivity (Wildman–Crippen MR) is 228 cm³/mol. The highest BCUT2D eigenvalue weighted by Crippen LogP contribution is 2.47. The fraction of sp³-hybridized carbons (Fsp3) is 0.556. The number of benzene rings is 2. The van der Waals surface area contributed by atoms with E-state index in [1.165, 1.54) is 17.8 Å². The van der Waals surface area contributed by atoms with Gasteiger partial charge in [-0.15, -0.1) is 5.54 Å². The third-order valence-electron chi connectivity index (χ3n) is 12.6. The van der Waals surface area contributed by atoms with Crippen molar-refractivity contribution in [1.29, 1.82) is 0 Å². The van der Waals surface area contributed by atoms with Crippen LogP contribution in [-0.4, -0.2) is 70.0 Å². The molecule has 1 amide bonds. The zero-order chi connectivity index (χ0) is 40.4. The molecule has 7 nitrogen and oxygen atoms in total. The van der Waals surface area contributed by atoms with Crippen LogP contribution in [0, 0.1) is 23.1 Å². The van der Waals surface area contributed by atoms with Gasteiger partial charge in [-0.3, -0.25) is 4.90 Å². The number of piperazine rings is 1. The Hall–Kier alpha value is -3.75. The lowest BCUT2D eigenvalue weighted by Crippen LogP contribution is -2.62. The molecule has 2 fully saturated rings. The summed E-state index contributed by atoms with van der Waals surface area (Å²) in [5.41, 5.74) is 6.16. The minimum atomic E-state index is -2.22. The molecule has 0 aliphatic carbocycles. The van der Waals surface area contributed by atoms with Crippen LogP contribution in [0.3, 0.4) is 0 Å². The largest absolute Gasteiger partial charge is 0.444 e. The monoisotopic (exact) mass is 797 g/mol. The number of pyridine rings is 1. The molecule has 4 atom stereocenters. The highest BCUT2D eigenvalue weighted by atomic mass is 32.2. The van der Waals surface area contributed by atoms with Crippen LogP contribution in [-0.2, 0) is 4.74 Å². The number of hydrogen-bond acceptors (Lipinski definition) is 7. The molecule has 11 heteroatoms. The summed E-state index contributed by atoms with van der Waals surface area (Å²) in [5.74, 6) is 3.76. The van der Waals surface area contributed by atoms with Crippen molar-refractivity contribution in [3.05, 3.63) is 53.2 Å². The van der Waals surface area contributed by atoms with E-state index in [2.05, 4.69) is 64.8 Å². The molecule has 56 heavy (non-hydrogen) atoms. The third kappa shape index (κ3) is 6.86. The number of halogens is 2. The predicted octanol–water partition coefficient (Wildman–Crippen LogP) is 11.7. The van der Waals surface area contributed by atoms with Crippen LogP contribution < -0.4 is 4.90 Å². The van der Waals surface area contributed by atoms with Crippen LogP contribution in [0.5, 0.6) is 0 Å². The van der Waals surface area contributed by atoms with Crippen molar-refractivity contribution in [3.8, 4) is 22.7 Å². The number of anilines is 1. The maximum Gasteiger partial charge on any atom is 0.410 e. The molecule has 3 aliphatic heterocycles. The van der Waals surface area contributed by atoms with Gasteiger partial charge in [0.2, 0.25) is 0 Å². The van der Waals surface area contributed by atoms with Crippen LogP contribution in [0.2, 0.25) is 16.6 Å². The van der Waals surface area contributed by atoms with Gasteiger partial charge in [-0.05, 0) is 86.2 Å². The third-order valence-corrected chi connectivity index (χ3v) is 19.6. The first kappa shape index (κ1) is 40.4. The van der Waals surface area contributed by atoms with Crippen LogP contribution >= 0.6 is 11.8 Å². The number of thioether (sulfide) groups is 1. The van der Waals surface area contributed by atoms with Crippen LogP contribution in [0.15, 0.2) is 35.5 Å². The first-order valence-corrected chi connectivity index (χ1v) is 23.8. The van der Waals surface area contributed by atoms with E-state index in [-0.39, 0.29) is 41.3 Å². The first-order valence-electron chi connectivity index (χ1n) is 20.5. The fourth-order valence-electron chi connectivity index (χ4n) is 10.2. The van der Waals surface area contributed by atoms with Crippen molar-refractivity contribution in [2.75, 3.05) is 17.2 Å². The summed E-state index contributed by atoms with van der Waals surface area (Å²) in [6, 6.07) is 8.77. The van der Waals surface area contributed by atoms with Gasteiger partial charge in [0.1, 0.15) is 36.5 Å². The number of aromatic nitrogens is 3. The van der Waals surface area contributed by atoms with Gasteiger partial charge in [-0.2, -0.15) is 0 Å². The Morgan fingerprint density at radius 3 is 2.30 bits per heavy atom. The Labute approximate surface area is 336 Å². The van der Waals surface area contributed by atoms with Gasteiger partial charge in [-0.25, -0.2) is 28.5 Å². The number of nitrogens with zero attached hydrogens (tertiary/aromatic N) is 5. The Balaban J connectivity index is 1.45. The molecule has 5 heterocycles. The number of rotatable bonds is 6. The van der Waals surface area contributed by atoms with Gasteiger partial charge < -0.3 is 9.64 Å². The molecular formula is C45H57F2N5O2SSi. The van der Waals surface area contributed by atoms with Crippen molar-refractivity contribution >= 4 is 53.4 Å². The highest BCUT2D eigenvalue weighted by Gasteiger charge is 2.51. The molecule has 2 aromatic carbocycles. The molecule has 7 rings (SSSR count). The van der Waals surface area contributed by atoms with E-state index in [1.54, 1.807) is 6.07 Å². The zero-order valence-corrected chi connectivity index (χ0v) is 36.7. The second kappa shape index (κ2) is 15.2. The highest BCUT2D eigenvalue weighted by molar-refractivity contribution is 7.99. The van der Waals surface area contributed by atoms with Gasteiger partial charge in [0.25, 0.3) is 0 Å². The quantitative estimate of drug-likeness (QED) is 0.0832. The summed E-state index contributed by atoms with van der Waals surface area (Å²) in [4.78, 5) is 33.2. The molecule has 0 unspecified atom stereocenters. The van der Waals surface area contributed by atoms with Crippen LogP contribution in [0.25, 0.3) is 32.9 Å². The van der Waals surface area contributed by atoms with E-state index >= 15 is 8.78 Å². The Bertz CT molecular complexity index is 2220. The molecule has 0 N–H and O–H groups in total. The van der Waals surface area contributed by atoms with E-state index < -0.39 is 25.3 Å². The summed E-state index contributed by atoms with van der Waals surface area (Å²) < 4.78 is 39.7. The molecule has 2 bridgehead atoms. The summed E-state index contributed by atoms with van der Waals surface area (Å²) >= 11 is 1.48. The number of carbonyl (C=O) groups is 1. The SMILES string of the molecule is CCSc1nc2c3c(nc(-c4cccc5ccc(F)c(C#C[Si](C(C)C)(C(C)C)C(C)C)c45)c(F)c3n1)[C@H](C)CC[C@@H]1[C@@H]3CC[C@H](CN21)N3C(=O)OC(C)(C)C. The van der Waals surface area contributed by atoms with Gasteiger partial charge in [0.15, 0.2) is 11.0 Å². The van der Waals surface area contributed by atoms with Crippen molar-refractivity contribution in [1.82, 2.24) is 19.9 Å². The van der Waals surface area contributed by atoms with Gasteiger partial charge in [-0.1, -0.05) is 97.3 Å². The topological polar surface area (TPSA) is 71.5 Å². The Kier molecular flexibility index (Phi) is 11.0. The van der Waals surface area contributed by atoms with Gasteiger partial charge in [0.05, 0.1) is 34.8 Å². The molecule has 2 aromatic heterocycles. The molecular weight excluding hydrogens is 741 g/mol. The van der Waals surface area contributed by atoms with E-state index in [1.807, 2.05) is 50.8 Å². The second-order valence-electron chi connectivity index (χ2n) is 18.0. The van der Waals surface area contributed by atoms with E-state index in [0.29, 0.717) is 61.8 Å². The fourth-order valence-corrected chi connectivity index (χ4v) is 15.9. The van der Waals surface area contributed by atoms with Crippen molar-refractivity contribution in [2.45, 2.75) is 153 Å². The van der Waals surface area contributed by atoms with E-state index in [9.17, 15) is 4.79 Å². The molecule has 0 spiro atoms. The maximum atomic E-state index is 17.7. The molecule has 0 saturated carbocycles. The Morgan fingerprint density at radius 1 is 0.946 bits per heavy atom. The number of carbonyl (C=O) groups excluding carboxylic acids is 1. The normalized spacial score (nSPS) is 21.1. The van der Waals surface area contributed by atoms with E-state index in [0.717, 1.165) is 36.8 Å². The second-order valence-corrected chi connectivity index (χ2v) is 24.8. The minimum Gasteiger partial charge on any atom is -0.444 e. The molecule has 298 valence electrons. The summed E-state index contributed by atoms with van der Waals surface area (Å²) in [6.07, 6.45) is 3.05. The standard InChI is InChI=1S/C45H57F2N5O2SSi/c1-12-55-43-49-41-37-39(28(8)16-20-34-35-21-18-30(24-51(34)42(37)50-43)52(35)44(53)54-45(9,10)11)48-40(38(41)47)32-15-13-14-29-17-19-33(46)31(36(29)32)22-23-56(25(2)3,26(4)5)27(6)7/h13-15,17,19,25-28,30,34-35H,12,16,18,20-21,24H2,1-11H3/t28-,30-,34-,35+/m1/s1. The minimum absolute atomic E-state index is 0.0162. The lowest BCUT2D eigenvalue weighted by atomic mass is 9.88. The van der Waals surface area contributed by atoms with Crippen molar-refractivity contribution in [2.24, 2.45) is 0 Å². The smallest absolute Gasteiger partial charge is 0.410 e. The number of hydrogen-bond donors (Lipinski definition) is 0. The van der Waals surface area contributed by atoms with Crippen LogP contribution in [0.4, 0.5) is 19.4 Å². The summed E-state index contributed by atoms with van der Waals surface area (Å²) in [6.45, 7) is 23.9. The average molecular weight is 798 g/mol. The van der Waals surface area contributed by atoms with Crippen molar-refractivity contribution in [3.63, 3.8) is 0 Å². The Morgan fingerprint density at radius 2 is 1.64 bits per heavy atom. The number of ether oxygens (including phenoxy) is 1. The summed E-state index contributed by atoms with van der Waals surface area (Å²) in [5, 5.41) is 2.48. The maximum absolute atomic E-state index is 17.7. The van der Waals surface area contributed by atoms with Gasteiger partial charge in [0, 0.05) is 17.5 Å². The number of amides is 1. The first-order chi connectivity index (χ1) is 26.5. The molecule has 2 saturated heterocycles. The molecule has 0 radical (unpaired) electrons. The molecule has 3 aliphatic rings. The number of fused-ring (bicyclic) bond motifs is 6.